The highest BCUT2D eigenvalue weighted by atomic mass is 16.6. The summed E-state index contributed by atoms with van der Waals surface area (Å²) >= 11 is 0. The average Bonchev–Trinajstić information content (AvgIpc) is 2.88. The molecule has 0 amide bonds. The minimum absolute atomic E-state index is 0.0142. The van der Waals surface area contributed by atoms with E-state index >= 15 is 0 Å². The van der Waals surface area contributed by atoms with Crippen LogP contribution in [0.15, 0.2) is 35.5 Å². The van der Waals surface area contributed by atoms with E-state index in [9.17, 15) is 19.5 Å². The van der Waals surface area contributed by atoms with Crippen LogP contribution in [0.2, 0.25) is 0 Å². The van der Waals surface area contributed by atoms with Crippen LogP contribution in [0, 0.1) is 11.8 Å². The van der Waals surface area contributed by atoms with Crippen LogP contribution in [-0.2, 0) is 28.6 Å². The van der Waals surface area contributed by atoms with E-state index in [2.05, 4.69) is 6.58 Å². The van der Waals surface area contributed by atoms with Gasteiger partial charge in [0.1, 0.15) is 18.3 Å². The van der Waals surface area contributed by atoms with Gasteiger partial charge in [-0.05, 0) is 25.8 Å². The molecule has 1 aliphatic carbocycles. The van der Waals surface area contributed by atoms with Crippen molar-refractivity contribution in [3.63, 3.8) is 0 Å². The Balaban J connectivity index is 2.55. The van der Waals surface area contributed by atoms with Crippen molar-refractivity contribution in [2.45, 2.75) is 51.9 Å². The molecule has 7 nitrogen and oxygen atoms in total. The SMILES string of the molecule is C=C1C(=O)O[C@@H]2/C=C(/C)CC/C=C(/C(=O)OC)[C@H](O)[C@@H](OC(=O)C(C)C)[C@@H]12. The highest BCUT2D eigenvalue weighted by Crippen LogP contribution is 2.37. The number of allylic oxidation sites excluding steroid dienone is 2. The lowest BCUT2D eigenvalue weighted by Crippen LogP contribution is -2.44. The predicted molar refractivity (Wildman–Crippen MR) is 96.3 cm³/mol. The Bertz CT molecular complexity index is 701. The van der Waals surface area contributed by atoms with Crippen LogP contribution in [0.3, 0.4) is 0 Å². The summed E-state index contributed by atoms with van der Waals surface area (Å²) in [4.78, 5) is 36.6. The minimum atomic E-state index is -1.48. The largest absolute Gasteiger partial charge is 0.466 e. The molecule has 0 radical (unpaired) electrons. The average molecular weight is 378 g/mol. The van der Waals surface area contributed by atoms with Crippen LogP contribution in [-0.4, -0.2) is 48.4 Å². The van der Waals surface area contributed by atoms with Gasteiger partial charge in [-0.1, -0.05) is 32.1 Å². The van der Waals surface area contributed by atoms with Crippen LogP contribution in [0.4, 0.5) is 0 Å². The Morgan fingerprint density at radius 3 is 2.63 bits per heavy atom. The van der Waals surface area contributed by atoms with E-state index in [1.54, 1.807) is 26.0 Å². The predicted octanol–water partition coefficient (Wildman–Crippen LogP) is 1.85. The molecule has 1 saturated heterocycles. The van der Waals surface area contributed by atoms with Crippen LogP contribution < -0.4 is 0 Å². The molecule has 27 heavy (non-hydrogen) atoms. The first-order valence-electron chi connectivity index (χ1n) is 8.91. The van der Waals surface area contributed by atoms with Gasteiger partial charge in [0, 0.05) is 5.57 Å². The molecule has 2 aliphatic rings. The molecular weight excluding hydrogens is 352 g/mol. The monoisotopic (exact) mass is 378 g/mol. The maximum atomic E-state index is 12.3. The fourth-order valence-corrected chi connectivity index (χ4v) is 3.17. The normalized spacial score (nSPS) is 32.5. The second-order valence-corrected chi connectivity index (χ2v) is 7.12. The van der Waals surface area contributed by atoms with Crippen molar-refractivity contribution in [2.24, 2.45) is 11.8 Å². The van der Waals surface area contributed by atoms with Crippen LogP contribution in [0.1, 0.15) is 33.6 Å². The first kappa shape index (κ1) is 20.9. The highest BCUT2D eigenvalue weighted by molar-refractivity contribution is 5.92. The van der Waals surface area contributed by atoms with Gasteiger partial charge in [-0.2, -0.15) is 0 Å². The quantitative estimate of drug-likeness (QED) is 0.346. The summed E-state index contributed by atoms with van der Waals surface area (Å²) < 4.78 is 15.7. The summed E-state index contributed by atoms with van der Waals surface area (Å²) in [6.45, 7) is 8.94. The van der Waals surface area contributed by atoms with Gasteiger partial charge in [-0.3, -0.25) is 4.79 Å². The van der Waals surface area contributed by atoms with Gasteiger partial charge in [0.2, 0.25) is 0 Å². The Morgan fingerprint density at radius 2 is 2.04 bits per heavy atom. The number of fused-ring (bicyclic) bond motifs is 1. The lowest BCUT2D eigenvalue weighted by molar-refractivity contribution is -0.163. The molecule has 0 aromatic carbocycles. The second-order valence-electron chi connectivity index (χ2n) is 7.12. The van der Waals surface area contributed by atoms with Crippen molar-refractivity contribution in [2.75, 3.05) is 7.11 Å². The number of esters is 3. The fraction of sp³-hybridized carbons (Fsp3) is 0.550. The molecule has 0 aromatic heterocycles. The molecule has 1 aliphatic heterocycles. The zero-order valence-corrected chi connectivity index (χ0v) is 16.1. The molecular formula is C20H26O7. The van der Waals surface area contributed by atoms with Crippen molar-refractivity contribution < 1.29 is 33.7 Å². The molecule has 1 fully saturated rings. The molecule has 148 valence electrons. The van der Waals surface area contributed by atoms with Crippen molar-refractivity contribution >= 4 is 17.9 Å². The zero-order chi connectivity index (χ0) is 20.3. The van der Waals surface area contributed by atoms with Crippen LogP contribution in [0.25, 0.3) is 0 Å². The third-order valence-corrected chi connectivity index (χ3v) is 4.74. The number of rotatable bonds is 3. The summed E-state index contributed by atoms with van der Waals surface area (Å²) in [5.74, 6) is -3.17. The zero-order valence-electron chi connectivity index (χ0n) is 16.1. The molecule has 4 atom stereocenters. The van der Waals surface area contributed by atoms with Gasteiger partial charge in [0.05, 0.1) is 24.5 Å². The Kier molecular flexibility index (Phi) is 6.59. The lowest BCUT2D eigenvalue weighted by atomic mass is 9.83. The molecule has 1 N–H and O–H groups in total. The van der Waals surface area contributed by atoms with Gasteiger partial charge in [0.15, 0.2) is 0 Å². The van der Waals surface area contributed by atoms with Crippen LogP contribution in [0.5, 0.6) is 0 Å². The second kappa shape index (κ2) is 8.52. The third kappa shape index (κ3) is 4.47. The fourth-order valence-electron chi connectivity index (χ4n) is 3.17. The number of methoxy groups -OCH3 is 1. The first-order chi connectivity index (χ1) is 12.7. The Labute approximate surface area is 158 Å². The minimum Gasteiger partial charge on any atom is -0.466 e. The molecule has 2 rings (SSSR count). The van der Waals surface area contributed by atoms with E-state index in [1.165, 1.54) is 7.11 Å². The van der Waals surface area contributed by atoms with E-state index in [0.29, 0.717) is 12.8 Å². The Hall–Kier alpha value is -2.41. The molecule has 0 spiro atoms. The number of ether oxygens (including phenoxy) is 3. The molecule has 7 heteroatoms. The lowest BCUT2D eigenvalue weighted by Gasteiger charge is -2.31. The number of aliphatic hydroxyl groups is 1. The summed E-state index contributed by atoms with van der Waals surface area (Å²) in [5, 5.41) is 10.9. The summed E-state index contributed by atoms with van der Waals surface area (Å²) in [6, 6.07) is 0. The molecule has 0 bridgehead atoms. The van der Waals surface area contributed by atoms with Gasteiger partial charge < -0.3 is 19.3 Å². The van der Waals surface area contributed by atoms with Crippen molar-refractivity contribution in [3.05, 3.63) is 35.5 Å². The number of hydrogen-bond acceptors (Lipinski definition) is 7. The maximum absolute atomic E-state index is 12.3. The van der Waals surface area contributed by atoms with E-state index in [1.807, 2.05) is 6.92 Å². The smallest absolute Gasteiger partial charge is 0.336 e. The van der Waals surface area contributed by atoms with Crippen molar-refractivity contribution in [3.8, 4) is 0 Å². The third-order valence-electron chi connectivity index (χ3n) is 4.74. The highest BCUT2D eigenvalue weighted by Gasteiger charge is 2.48. The van der Waals surface area contributed by atoms with E-state index < -0.39 is 48.1 Å². The van der Waals surface area contributed by atoms with Gasteiger partial charge in [0.25, 0.3) is 0 Å². The summed E-state index contributed by atoms with van der Waals surface area (Å²) in [7, 11) is 1.21. The topological polar surface area (TPSA) is 99.1 Å². The number of aliphatic hydroxyl groups excluding tert-OH is 1. The summed E-state index contributed by atoms with van der Waals surface area (Å²) in [6.07, 6.45) is 1.01. The molecule has 0 unspecified atom stereocenters. The van der Waals surface area contributed by atoms with Crippen LogP contribution >= 0.6 is 0 Å². The first-order valence-corrected chi connectivity index (χ1v) is 8.91. The Morgan fingerprint density at radius 1 is 1.37 bits per heavy atom. The van der Waals surface area contributed by atoms with E-state index in [-0.39, 0.29) is 11.1 Å². The van der Waals surface area contributed by atoms with Gasteiger partial charge >= 0.3 is 17.9 Å². The summed E-state index contributed by atoms with van der Waals surface area (Å²) in [5.41, 5.74) is 1.02. The van der Waals surface area contributed by atoms with Crippen molar-refractivity contribution in [1.29, 1.82) is 0 Å². The maximum Gasteiger partial charge on any atom is 0.336 e. The number of hydrogen-bond donors (Lipinski definition) is 1. The standard InChI is InChI=1S/C20H26O7/c1-10(2)18(22)27-17-15-12(4)19(23)26-14(15)9-11(3)7-6-8-13(16(17)21)20(24)25-5/h8-10,14-17,21H,4,6-7H2,1-3,5H3/b11-9-,13-8+/t14-,15+,16+,17+/m1/s1. The number of carbonyl (C=O) groups is 3. The van der Waals surface area contributed by atoms with E-state index in [4.69, 9.17) is 14.2 Å². The van der Waals surface area contributed by atoms with Crippen molar-refractivity contribution in [1.82, 2.24) is 0 Å². The van der Waals surface area contributed by atoms with Gasteiger partial charge in [-0.25, -0.2) is 9.59 Å². The molecule has 0 saturated carbocycles. The van der Waals surface area contributed by atoms with Gasteiger partial charge in [-0.15, -0.1) is 0 Å². The number of carbonyl (C=O) groups excluding carboxylic acids is 3. The molecule has 1 heterocycles. The van der Waals surface area contributed by atoms with E-state index in [0.717, 1.165) is 5.57 Å². The molecule has 0 aromatic rings.